The topological polar surface area (TPSA) is 51.0 Å². The van der Waals surface area contributed by atoms with Gasteiger partial charge in [-0.2, -0.15) is 0 Å². The molecule has 1 N–H and O–H groups in total. The third-order valence-electron chi connectivity index (χ3n) is 6.72. The Hall–Kier alpha value is -2.49. The van der Waals surface area contributed by atoms with Gasteiger partial charge in [0.25, 0.3) is 0 Å². The van der Waals surface area contributed by atoms with Crippen molar-refractivity contribution in [2.24, 2.45) is 4.99 Å². The van der Waals surface area contributed by atoms with Gasteiger partial charge in [0.05, 0.1) is 18.9 Å². The first-order chi connectivity index (χ1) is 18.2. The van der Waals surface area contributed by atoms with Crippen molar-refractivity contribution in [2.45, 2.75) is 117 Å². The molecule has 0 aromatic heterocycles. The lowest BCUT2D eigenvalue weighted by Crippen LogP contribution is -1.97. The maximum atomic E-state index is 10.4. The smallest absolute Gasteiger partial charge is 0.128 e. The second-order valence-electron chi connectivity index (χ2n) is 10.1. The minimum Gasteiger partial charge on any atom is -0.507 e. The number of nitrogens with zero attached hydrogens (tertiary/aromatic N) is 1. The second-order valence-corrected chi connectivity index (χ2v) is 10.1. The first-order valence-corrected chi connectivity index (χ1v) is 15.0. The molecule has 37 heavy (non-hydrogen) atoms. The van der Waals surface area contributed by atoms with E-state index in [0.29, 0.717) is 17.9 Å². The van der Waals surface area contributed by atoms with Gasteiger partial charge in [-0.1, -0.05) is 104 Å². The van der Waals surface area contributed by atoms with Crippen LogP contribution >= 0.6 is 0 Å². The number of phenols is 1. The van der Waals surface area contributed by atoms with E-state index in [9.17, 15) is 5.11 Å². The van der Waals surface area contributed by atoms with E-state index in [-0.39, 0.29) is 5.75 Å². The van der Waals surface area contributed by atoms with Crippen LogP contribution in [0.3, 0.4) is 0 Å². The number of aliphatic imine (C=N–C) groups is 1. The van der Waals surface area contributed by atoms with Crippen LogP contribution in [-0.4, -0.2) is 24.5 Å². The molecular formula is C33H51NO3. The molecule has 0 bridgehead atoms. The summed E-state index contributed by atoms with van der Waals surface area (Å²) in [5.74, 6) is 1.76. The van der Waals surface area contributed by atoms with Crippen LogP contribution in [0.2, 0.25) is 0 Å². The third-order valence-corrected chi connectivity index (χ3v) is 6.72. The lowest BCUT2D eigenvalue weighted by Gasteiger charge is -2.08. The van der Waals surface area contributed by atoms with Crippen molar-refractivity contribution in [3.63, 3.8) is 0 Å². The van der Waals surface area contributed by atoms with Crippen molar-refractivity contribution in [3.8, 4) is 17.2 Å². The van der Waals surface area contributed by atoms with E-state index in [1.54, 1.807) is 12.3 Å². The molecule has 4 nitrogen and oxygen atoms in total. The fraction of sp³-hybridized carbons (Fsp3) is 0.606. The van der Waals surface area contributed by atoms with Crippen LogP contribution in [0, 0.1) is 0 Å². The van der Waals surface area contributed by atoms with Gasteiger partial charge in [-0.25, -0.2) is 0 Å². The zero-order chi connectivity index (χ0) is 26.4. The molecule has 0 unspecified atom stereocenters. The summed E-state index contributed by atoms with van der Waals surface area (Å²) in [4.78, 5) is 4.50. The number of rotatable bonds is 22. The van der Waals surface area contributed by atoms with Crippen LogP contribution in [0.5, 0.6) is 17.2 Å². The molecule has 0 spiro atoms. The standard InChI is InChI=1S/C33H51NO3/c1-3-5-7-9-11-12-13-14-16-17-25-36-31-23-20-30(21-24-31)34-28-29-19-22-32(27-33(29)35)37-26-18-15-10-8-6-4-2/h19-24,27-28,35H,3-18,25-26H2,1-2H3. The third kappa shape index (κ3) is 14.7. The lowest BCUT2D eigenvalue weighted by atomic mass is 10.1. The number of ether oxygens (including phenoxy) is 2. The average Bonchev–Trinajstić information content (AvgIpc) is 2.91. The number of unbranched alkanes of at least 4 members (excludes halogenated alkanes) is 14. The fourth-order valence-corrected chi connectivity index (χ4v) is 4.35. The van der Waals surface area contributed by atoms with Crippen molar-refractivity contribution in [1.29, 1.82) is 0 Å². The molecule has 2 aromatic rings. The number of benzene rings is 2. The molecule has 0 fully saturated rings. The summed E-state index contributed by atoms with van der Waals surface area (Å²) in [7, 11) is 0. The van der Waals surface area contributed by atoms with Gasteiger partial charge in [0, 0.05) is 17.8 Å². The van der Waals surface area contributed by atoms with Crippen LogP contribution in [0.15, 0.2) is 47.5 Å². The zero-order valence-corrected chi connectivity index (χ0v) is 23.6. The zero-order valence-electron chi connectivity index (χ0n) is 23.6. The predicted molar refractivity (Wildman–Crippen MR) is 158 cm³/mol. The Morgan fingerprint density at radius 3 is 1.57 bits per heavy atom. The van der Waals surface area contributed by atoms with E-state index in [1.165, 1.54) is 89.9 Å². The highest BCUT2D eigenvalue weighted by molar-refractivity contribution is 5.85. The van der Waals surface area contributed by atoms with E-state index in [4.69, 9.17) is 9.47 Å². The molecule has 0 aliphatic carbocycles. The molecule has 0 radical (unpaired) electrons. The highest BCUT2D eigenvalue weighted by Gasteiger charge is 2.03. The Bertz CT molecular complexity index is 847. The number of aromatic hydroxyl groups is 1. The minimum atomic E-state index is 0.181. The largest absolute Gasteiger partial charge is 0.507 e. The van der Waals surface area contributed by atoms with Crippen molar-refractivity contribution in [3.05, 3.63) is 48.0 Å². The first-order valence-electron chi connectivity index (χ1n) is 15.0. The summed E-state index contributed by atoms with van der Waals surface area (Å²) in [6, 6.07) is 13.2. The van der Waals surface area contributed by atoms with E-state index in [1.807, 2.05) is 36.4 Å². The quantitative estimate of drug-likeness (QED) is 0.127. The monoisotopic (exact) mass is 509 g/mol. The van der Waals surface area contributed by atoms with Crippen LogP contribution < -0.4 is 9.47 Å². The van der Waals surface area contributed by atoms with Gasteiger partial charge in [-0.15, -0.1) is 0 Å². The number of hydrogen-bond acceptors (Lipinski definition) is 4. The van der Waals surface area contributed by atoms with E-state index >= 15 is 0 Å². The van der Waals surface area contributed by atoms with Crippen LogP contribution in [0.1, 0.15) is 122 Å². The molecule has 0 atom stereocenters. The normalized spacial score (nSPS) is 11.3. The van der Waals surface area contributed by atoms with E-state index in [0.717, 1.165) is 30.9 Å². The van der Waals surface area contributed by atoms with Crippen molar-refractivity contribution < 1.29 is 14.6 Å². The van der Waals surface area contributed by atoms with E-state index in [2.05, 4.69) is 18.8 Å². The summed E-state index contributed by atoms with van der Waals surface area (Å²) in [5, 5.41) is 10.4. The van der Waals surface area contributed by atoms with Gasteiger partial charge in [0.1, 0.15) is 17.2 Å². The lowest BCUT2D eigenvalue weighted by molar-refractivity contribution is 0.302. The molecule has 0 amide bonds. The molecule has 0 saturated heterocycles. The molecule has 0 heterocycles. The van der Waals surface area contributed by atoms with Crippen molar-refractivity contribution in [2.75, 3.05) is 13.2 Å². The Balaban J connectivity index is 1.61. The molecule has 206 valence electrons. The summed E-state index contributed by atoms with van der Waals surface area (Å²) in [6.07, 6.45) is 22.4. The average molecular weight is 510 g/mol. The van der Waals surface area contributed by atoms with Gasteiger partial charge >= 0.3 is 0 Å². The SMILES string of the molecule is CCCCCCCCCCCCOc1ccc(N=Cc2ccc(OCCCCCCCC)cc2O)cc1. The molecule has 0 saturated carbocycles. The summed E-state index contributed by atoms with van der Waals surface area (Å²) >= 11 is 0. The Kier molecular flexibility index (Phi) is 17.1. The molecule has 4 heteroatoms. The van der Waals surface area contributed by atoms with Gasteiger partial charge in [-0.3, -0.25) is 4.99 Å². The Morgan fingerprint density at radius 1 is 0.595 bits per heavy atom. The minimum absolute atomic E-state index is 0.181. The maximum absolute atomic E-state index is 10.4. The van der Waals surface area contributed by atoms with Gasteiger partial charge < -0.3 is 14.6 Å². The molecule has 0 aliphatic heterocycles. The van der Waals surface area contributed by atoms with Crippen LogP contribution in [0.4, 0.5) is 5.69 Å². The molecule has 0 aliphatic rings. The highest BCUT2D eigenvalue weighted by Crippen LogP contribution is 2.24. The second kappa shape index (κ2) is 20.6. The van der Waals surface area contributed by atoms with Crippen molar-refractivity contribution >= 4 is 11.9 Å². The molecular weight excluding hydrogens is 458 g/mol. The fourth-order valence-electron chi connectivity index (χ4n) is 4.35. The predicted octanol–water partition coefficient (Wildman–Crippen LogP) is 10.2. The maximum Gasteiger partial charge on any atom is 0.128 e. The molecule has 2 aromatic carbocycles. The first kappa shape index (κ1) is 30.7. The summed E-state index contributed by atoms with van der Waals surface area (Å²) in [6.45, 7) is 5.95. The van der Waals surface area contributed by atoms with E-state index < -0.39 is 0 Å². The Morgan fingerprint density at radius 2 is 1.05 bits per heavy atom. The highest BCUT2D eigenvalue weighted by atomic mass is 16.5. The summed E-state index contributed by atoms with van der Waals surface area (Å²) in [5.41, 5.74) is 1.50. The number of phenolic OH excluding ortho intramolecular Hbond substituents is 1. The van der Waals surface area contributed by atoms with Crippen LogP contribution in [0.25, 0.3) is 0 Å². The van der Waals surface area contributed by atoms with Gasteiger partial charge in [0.15, 0.2) is 0 Å². The van der Waals surface area contributed by atoms with Gasteiger partial charge in [0.2, 0.25) is 0 Å². The molecule has 2 rings (SSSR count). The number of hydrogen-bond donors (Lipinski definition) is 1. The Labute approximate surface area is 226 Å². The summed E-state index contributed by atoms with van der Waals surface area (Å²) < 4.78 is 11.7. The van der Waals surface area contributed by atoms with Crippen molar-refractivity contribution in [1.82, 2.24) is 0 Å². The van der Waals surface area contributed by atoms with Crippen LogP contribution in [-0.2, 0) is 0 Å². The van der Waals surface area contributed by atoms with Gasteiger partial charge in [-0.05, 0) is 49.2 Å².